The van der Waals surface area contributed by atoms with Crippen LogP contribution in [0.25, 0.3) is 0 Å². The highest BCUT2D eigenvalue weighted by molar-refractivity contribution is 6.74. The van der Waals surface area contributed by atoms with Crippen molar-refractivity contribution in [2.45, 2.75) is 95.4 Å². The topological polar surface area (TPSA) is 54.0 Å². The number of rotatable bonds is 5. The van der Waals surface area contributed by atoms with E-state index < -0.39 is 13.9 Å². The lowest BCUT2D eigenvalue weighted by molar-refractivity contribution is -0.191. The molecule has 0 aromatic rings. The lowest BCUT2D eigenvalue weighted by Gasteiger charge is -2.39. The van der Waals surface area contributed by atoms with Gasteiger partial charge in [0.25, 0.3) is 0 Å². The fourth-order valence-corrected chi connectivity index (χ4v) is 4.93. The van der Waals surface area contributed by atoms with Crippen LogP contribution >= 0.6 is 0 Å². The summed E-state index contributed by atoms with van der Waals surface area (Å²) in [5.41, 5.74) is -0.494. The first kappa shape index (κ1) is 19.3. The molecule has 0 aromatic heterocycles. The molecule has 3 rings (SSSR count). The number of fused-ring (bicyclic) bond motifs is 1. The van der Waals surface area contributed by atoms with Gasteiger partial charge in [-0.3, -0.25) is 4.79 Å². The van der Waals surface area contributed by atoms with E-state index in [1.54, 1.807) is 0 Å². The molecule has 1 saturated carbocycles. The molecule has 3 aliphatic rings. The Balaban J connectivity index is 1.63. The quantitative estimate of drug-likeness (QED) is 0.540. The van der Waals surface area contributed by atoms with Gasteiger partial charge in [0.05, 0.1) is 19.1 Å². The van der Waals surface area contributed by atoms with E-state index in [2.05, 4.69) is 33.9 Å². The fourth-order valence-electron chi connectivity index (χ4n) is 3.89. The molecule has 0 radical (unpaired) electrons. The van der Waals surface area contributed by atoms with E-state index in [0.717, 1.165) is 38.7 Å². The summed E-state index contributed by atoms with van der Waals surface area (Å²) in [4.78, 5) is 11.9. The second-order valence-electron chi connectivity index (χ2n) is 9.48. The van der Waals surface area contributed by atoms with Crippen molar-refractivity contribution in [1.29, 1.82) is 0 Å². The average Bonchev–Trinajstić information content (AvgIpc) is 2.97. The molecule has 144 valence electrons. The van der Waals surface area contributed by atoms with Crippen LogP contribution in [0, 0.1) is 5.92 Å². The summed E-state index contributed by atoms with van der Waals surface area (Å²) in [5, 5.41) is 0.145. The third-order valence-corrected chi connectivity index (χ3v) is 11.0. The number of ether oxygens (including phenoxy) is 3. The zero-order valence-electron chi connectivity index (χ0n) is 16.4. The summed E-state index contributed by atoms with van der Waals surface area (Å²) in [7, 11) is -1.88. The Bertz CT molecular complexity index is 495. The average molecular weight is 371 g/mol. The number of hydrogen-bond donors (Lipinski definition) is 0. The second kappa shape index (κ2) is 6.95. The Kier molecular flexibility index (Phi) is 5.37. The van der Waals surface area contributed by atoms with Crippen LogP contribution in [0.15, 0.2) is 0 Å². The molecule has 4 atom stereocenters. The van der Waals surface area contributed by atoms with Crippen LogP contribution in [0.4, 0.5) is 0 Å². The van der Waals surface area contributed by atoms with Gasteiger partial charge in [-0.1, -0.05) is 20.8 Å². The third-order valence-electron chi connectivity index (χ3n) is 6.56. The molecule has 0 bridgehead atoms. The van der Waals surface area contributed by atoms with E-state index >= 15 is 0 Å². The third kappa shape index (κ3) is 4.12. The minimum absolute atomic E-state index is 0.0869. The Morgan fingerprint density at radius 2 is 2.04 bits per heavy atom. The summed E-state index contributed by atoms with van der Waals surface area (Å²) < 4.78 is 24.2. The van der Waals surface area contributed by atoms with Crippen LogP contribution in [0.5, 0.6) is 0 Å². The van der Waals surface area contributed by atoms with Crippen LogP contribution in [-0.2, 0) is 23.4 Å². The zero-order chi connectivity index (χ0) is 18.3. The Morgan fingerprint density at radius 1 is 1.28 bits per heavy atom. The second-order valence-corrected chi connectivity index (χ2v) is 14.3. The van der Waals surface area contributed by atoms with E-state index in [4.69, 9.17) is 18.6 Å². The summed E-state index contributed by atoms with van der Waals surface area (Å²) in [6.07, 6.45) is 5.35. The largest absolute Gasteiger partial charge is 0.456 e. The van der Waals surface area contributed by atoms with Gasteiger partial charge < -0.3 is 18.6 Å². The van der Waals surface area contributed by atoms with Crippen molar-refractivity contribution in [3.63, 3.8) is 0 Å². The Morgan fingerprint density at radius 3 is 2.68 bits per heavy atom. The van der Waals surface area contributed by atoms with Crippen molar-refractivity contribution in [1.82, 2.24) is 0 Å². The summed E-state index contributed by atoms with van der Waals surface area (Å²) in [5.74, 6) is 0.120. The molecular formula is C19H34O5Si. The lowest BCUT2D eigenvalue weighted by Crippen LogP contribution is -2.47. The number of hydrogen-bond acceptors (Lipinski definition) is 5. The van der Waals surface area contributed by atoms with Gasteiger partial charge in [0, 0.05) is 18.9 Å². The van der Waals surface area contributed by atoms with Crippen molar-refractivity contribution >= 4 is 14.3 Å². The van der Waals surface area contributed by atoms with Gasteiger partial charge in [-0.15, -0.1) is 0 Å². The molecule has 25 heavy (non-hydrogen) atoms. The smallest absolute Gasteiger partial charge is 0.306 e. The number of carbonyl (C=O) groups excluding carboxylic acids is 1. The maximum Gasteiger partial charge on any atom is 0.306 e. The highest BCUT2D eigenvalue weighted by Gasteiger charge is 2.57. The Hall–Kier alpha value is -0.433. The fraction of sp³-hybridized carbons (Fsp3) is 0.947. The van der Waals surface area contributed by atoms with Gasteiger partial charge in [-0.05, 0) is 43.8 Å². The van der Waals surface area contributed by atoms with E-state index in [9.17, 15) is 4.79 Å². The normalized spacial score (nSPS) is 36.4. The minimum Gasteiger partial charge on any atom is -0.456 e. The van der Waals surface area contributed by atoms with E-state index in [1.165, 1.54) is 0 Å². The van der Waals surface area contributed by atoms with E-state index in [0.29, 0.717) is 13.0 Å². The highest BCUT2D eigenvalue weighted by atomic mass is 28.4. The molecule has 0 N–H and O–H groups in total. The van der Waals surface area contributed by atoms with Gasteiger partial charge in [0.1, 0.15) is 5.60 Å². The maximum atomic E-state index is 11.9. The molecule has 0 aromatic carbocycles. The molecule has 1 aliphatic carbocycles. The van der Waals surface area contributed by atoms with Crippen LogP contribution in [0.2, 0.25) is 18.1 Å². The Labute approximate surface area is 152 Å². The molecule has 3 fully saturated rings. The van der Waals surface area contributed by atoms with Crippen LogP contribution in [-0.4, -0.2) is 45.5 Å². The maximum absolute atomic E-state index is 11.9. The number of carbonyl (C=O) groups is 1. The SMILES string of the molecule is CC(C)(C)[Si](C)(C)OCC12CC(OC3CCCCO3)CC1CC(=O)O2. The van der Waals surface area contributed by atoms with E-state index in [1.807, 2.05) is 0 Å². The van der Waals surface area contributed by atoms with Crippen LogP contribution in [0.3, 0.4) is 0 Å². The van der Waals surface area contributed by atoms with Gasteiger partial charge in [-0.2, -0.15) is 0 Å². The predicted octanol–water partition coefficient (Wildman–Crippen LogP) is 4.02. The molecular weight excluding hydrogens is 336 g/mol. The molecule has 2 saturated heterocycles. The van der Waals surface area contributed by atoms with Crippen LogP contribution in [0.1, 0.15) is 59.3 Å². The van der Waals surface area contributed by atoms with Gasteiger partial charge >= 0.3 is 5.97 Å². The first-order valence-corrected chi connectivity index (χ1v) is 12.6. The number of esters is 1. The molecule has 5 nitrogen and oxygen atoms in total. The first-order valence-electron chi connectivity index (χ1n) is 9.74. The standard InChI is InChI=1S/C19H34O5Si/c1-18(2,3)25(4,5)22-13-19-12-15(10-14(19)11-16(20)24-19)23-17-8-6-7-9-21-17/h14-15,17H,6-13H2,1-5H3. The van der Waals surface area contributed by atoms with Gasteiger partial charge in [-0.25, -0.2) is 0 Å². The van der Waals surface area contributed by atoms with Gasteiger partial charge in [0.2, 0.25) is 0 Å². The van der Waals surface area contributed by atoms with Crippen LogP contribution < -0.4 is 0 Å². The molecule has 0 spiro atoms. The first-order chi connectivity index (χ1) is 11.6. The molecule has 2 heterocycles. The van der Waals surface area contributed by atoms with Crippen molar-refractivity contribution in [3.05, 3.63) is 0 Å². The van der Waals surface area contributed by atoms with Crippen molar-refractivity contribution in [2.75, 3.05) is 13.2 Å². The lowest BCUT2D eigenvalue weighted by atomic mass is 9.92. The van der Waals surface area contributed by atoms with Gasteiger partial charge in [0.15, 0.2) is 14.6 Å². The summed E-state index contributed by atoms with van der Waals surface area (Å²) >= 11 is 0. The van der Waals surface area contributed by atoms with Crippen molar-refractivity contribution in [3.8, 4) is 0 Å². The highest BCUT2D eigenvalue weighted by Crippen LogP contribution is 2.49. The minimum atomic E-state index is -1.88. The monoisotopic (exact) mass is 370 g/mol. The molecule has 4 unspecified atom stereocenters. The molecule has 2 aliphatic heterocycles. The van der Waals surface area contributed by atoms with Crippen molar-refractivity contribution in [2.24, 2.45) is 5.92 Å². The summed E-state index contributed by atoms with van der Waals surface area (Å²) in [6.45, 7) is 12.5. The van der Waals surface area contributed by atoms with E-state index in [-0.39, 0.29) is 29.3 Å². The molecule has 6 heteroatoms. The molecule has 0 amide bonds. The van der Waals surface area contributed by atoms with Crippen molar-refractivity contribution < 1.29 is 23.4 Å². The zero-order valence-corrected chi connectivity index (χ0v) is 17.4. The predicted molar refractivity (Wildman–Crippen MR) is 97.8 cm³/mol. The summed E-state index contributed by atoms with van der Waals surface area (Å²) in [6, 6.07) is 0.